The summed E-state index contributed by atoms with van der Waals surface area (Å²) in [6, 6.07) is -0.102. The zero-order chi connectivity index (χ0) is 10.5. The molecule has 0 bridgehead atoms. The summed E-state index contributed by atoms with van der Waals surface area (Å²) >= 11 is 0. The summed E-state index contributed by atoms with van der Waals surface area (Å²) in [5.41, 5.74) is 5.37. The van der Waals surface area contributed by atoms with Crippen LogP contribution in [-0.2, 0) is 10.8 Å². The molecular formula is C7H14F3NOS. The van der Waals surface area contributed by atoms with E-state index in [9.17, 15) is 17.4 Å². The third-order valence-electron chi connectivity index (χ3n) is 1.41. The Bertz CT molecular complexity index is 170. The van der Waals surface area contributed by atoms with E-state index in [0.717, 1.165) is 0 Å². The SMILES string of the molecule is CC(N)CCS(=O)CCC(F)(F)F. The Morgan fingerprint density at radius 3 is 2.31 bits per heavy atom. The van der Waals surface area contributed by atoms with Crippen molar-refractivity contribution >= 4 is 10.8 Å². The van der Waals surface area contributed by atoms with Gasteiger partial charge in [-0.1, -0.05) is 0 Å². The minimum absolute atomic E-state index is 0.102. The van der Waals surface area contributed by atoms with Gasteiger partial charge in [-0.3, -0.25) is 4.21 Å². The van der Waals surface area contributed by atoms with Crippen molar-refractivity contribution < 1.29 is 17.4 Å². The molecule has 0 saturated carbocycles. The van der Waals surface area contributed by atoms with Crippen LogP contribution in [0.25, 0.3) is 0 Å². The monoisotopic (exact) mass is 217 g/mol. The van der Waals surface area contributed by atoms with Gasteiger partial charge in [-0.05, 0) is 13.3 Å². The molecule has 2 N–H and O–H groups in total. The van der Waals surface area contributed by atoms with Crippen LogP contribution in [0.5, 0.6) is 0 Å². The van der Waals surface area contributed by atoms with E-state index in [0.29, 0.717) is 6.42 Å². The van der Waals surface area contributed by atoms with Gasteiger partial charge in [0.25, 0.3) is 0 Å². The van der Waals surface area contributed by atoms with Crippen molar-refractivity contribution in [2.45, 2.75) is 32.0 Å². The summed E-state index contributed by atoms with van der Waals surface area (Å²) in [6.07, 6.45) is -4.67. The average Bonchev–Trinajstić information content (AvgIpc) is 1.95. The van der Waals surface area contributed by atoms with Crippen LogP contribution < -0.4 is 5.73 Å². The molecule has 0 fully saturated rings. The molecule has 0 aromatic heterocycles. The topological polar surface area (TPSA) is 43.1 Å². The quantitative estimate of drug-likeness (QED) is 0.757. The first-order valence-corrected chi connectivity index (χ1v) is 5.47. The highest BCUT2D eigenvalue weighted by atomic mass is 32.2. The van der Waals surface area contributed by atoms with E-state index in [1.807, 2.05) is 0 Å². The first-order chi connectivity index (χ1) is 5.81. The summed E-state index contributed by atoms with van der Waals surface area (Å²) in [7, 11) is -1.39. The molecule has 2 atom stereocenters. The highest BCUT2D eigenvalue weighted by Gasteiger charge is 2.27. The Hall–Kier alpha value is -0.100. The number of alkyl halides is 3. The van der Waals surface area contributed by atoms with Crippen molar-refractivity contribution in [3.05, 3.63) is 0 Å². The normalized spacial score (nSPS) is 17.0. The molecule has 0 amide bonds. The van der Waals surface area contributed by atoms with Gasteiger partial charge in [0.15, 0.2) is 0 Å². The standard InChI is InChI=1S/C7H14F3NOS/c1-6(11)2-4-13(12)5-3-7(8,9)10/h6H,2-5,11H2,1H3. The van der Waals surface area contributed by atoms with Crippen LogP contribution in [0.15, 0.2) is 0 Å². The minimum Gasteiger partial charge on any atom is -0.328 e. The lowest BCUT2D eigenvalue weighted by Gasteiger charge is -2.07. The zero-order valence-corrected chi connectivity index (χ0v) is 8.25. The fourth-order valence-corrected chi connectivity index (χ4v) is 1.95. The lowest BCUT2D eigenvalue weighted by molar-refractivity contribution is -0.129. The van der Waals surface area contributed by atoms with Crippen LogP contribution in [0.3, 0.4) is 0 Å². The van der Waals surface area contributed by atoms with Crippen LogP contribution in [0.4, 0.5) is 13.2 Å². The highest BCUT2D eigenvalue weighted by molar-refractivity contribution is 7.84. The zero-order valence-electron chi connectivity index (χ0n) is 7.43. The van der Waals surface area contributed by atoms with Gasteiger partial charge < -0.3 is 5.73 Å². The van der Waals surface area contributed by atoms with Gasteiger partial charge in [0.2, 0.25) is 0 Å². The van der Waals surface area contributed by atoms with Gasteiger partial charge in [-0.25, -0.2) is 0 Å². The molecule has 6 heteroatoms. The summed E-state index contributed by atoms with van der Waals surface area (Å²) in [4.78, 5) is 0. The van der Waals surface area contributed by atoms with Crippen LogP contribution in [-0.4, -0.2) is 27.9 Å². The van der Waals surface area contributed by atoms with Crippen LogP contribution in [0, 0.1) is 0 Å². The van der Waals surface area contributed by atoms with E-state index in [4.69, 9.17) is 5.73 Å². The maximum absolute atomic E-state index is 11.7. The molecule has 0 rings (SSSR count). The molecule has 0 aliphatic rings. The summed E-state index contributed by atoms with van der Waals surface area (Å²) in [5.74, 6) is -0.0516. The number of hydrogen-bond acceptors (Lipinski definition) is 2. The van der Waals surface area contributed by atoms with Gasteiger partial charge in [0.05, 0.1) is 6.42 Å². The molecule has 0 heterocycles. The van der Waals surface area contributed by atoms with Crippen molar-refractivity contribution in [3.63, 3.8) is 0 Å². The minimum atomic E-state index is -4.20. The third kappa shape index (κ3) is 9.82. The predicted octanol–water partition coefficient (Wildman–Crippen LogP) is 1.42. The molecule has 2 unspecified atom stereocenters. The second-order valence-corrected chi connectivity index (χ2v) is 4.68. The molecule has 0 saturated heterocycles. The van der Waals surface area contributed by atoms with E-state index < -0.39 is 23.4 Å². The molecule has 0 aliphatic heterocycles. The van der Waals surface area contributed by atoms with Crippen molar-refractivity contribution in [1.29, 1.82) is 0 Å². The number of nitrogens with two attached hydrogens (primary N) is 1. The Balaban J connectivity index is 3.53. The summed E-state index contributed by atoms with van der Waals surface area (Å²) in [5, 5.41) is 0. The number of rotatable bonds is 5. The second-order valence-electron chi connectivity index (χ2n) is 2.98. The molecular weight excluding hydrogens is 203 g/mol. The predicted molar refractivity (Wildman–Crippen MR) is 46.8 cm³/mol. The van der Waals surface area contributed by atoms with Crippen molar-refractivity contribution in [2.24, 2.45) is 5.73 Å². The molecule has 80 valence electrons. The summed E-state index contributed by atoms with van der Waals surface area (Å²) < 4.78 is 45.9. The maximum Gasteiger partial charge on any atom is 0.390 e. The van der Waals surface area contributed by atoms with E-state index in [2.05, 4.69) is 0 Å². The van der Waals surface area contributed by atoms with Crippen molar-refractivity contribution in [3.8, 4) is 0 Å². The van der Waals surface area contributed by atoms with E-state index >= 15 is 0 Å². The van der Waals surface area contributed by atoms with Gasteiger partial charge >= 0.3 is 6.18 Å². The Kier molecular flexibility index (Phi) is 5.55. The highest BCUT2D eigenvalue weighted by Crippen LogP contribution is 2.19. The molecule has 0 aromatic rings. The van der Waals surface area contributed by atoms with E-state index in [1.54, 1.807) is 6.92 Å². The Morgan fingerprint density at radius 1 is 1.38 bits per heavy atom. The van der Waals surface area contributed by atoms with Crippen LogP contribution in [0.2, 0.25) is 0 Å². The number of halogens is 3. The van der Waals surface area contributed by atoms with E-state index in [1.165, 1.54) is 0 Å². The first kappa shape index (κ1) is 12.9. The van der Waals surface area contributed by atoms with Crippen molar-refractivity contribution in [2.75, 3.05) is 11.5 Å². The van der Waals surface area contributed by atoms with Crippen LogP contribution in [0.1, 0.15) is 19.8 Å². The molecule has 0 aromatic carbocycles. The molecule has 0 radical (unpaired) electrons. The smallest absolute Gasteiger partial charge is 0.328 e. The number of hydrogen-bond donors (Lipinski definition) is 1. The lowest BCUT2D eigenvalue weighted by atomic mass is 10.3. The fraction of sp³-hybridized carbons (Fsp3) is 1.00. The average molecular weight is 217 g/mol. The van der Waals surface area contributed by atoms with Gasteiger partial charge in [0.1, 0.15) is 0 Å². The lowest BCUT2D eigenvalue weighted by Crippen LogP contribution is -2.20. The van der Waals surface area contributed by atoms with Gasteiger partial charge in [0, 0.05) is 28.3 Å². The Morgan fingerprint density at radius 2 is 1.92 bits per heavy atom. The largest absolute Gasteiger partial charge is 0.390 e. The van der Waals surface area contributed by atoms with E-state index in [-0.39, 0.29) is 17.5 Å². The molecule has 0 spiro atoms. The molecule has 13 heavy (non-hydrogen) atoms. The summed E-state index contributed by atoms with van der Waals surface area (Å²) in [6.45, 7) is 1.74. The maximum atomic E-state index is 11.7. The molecule has 0 aliphatic carbocycles. The fourth-order valence-electron chi connectivity index (χ4n) is 0.649. The Labute approximate surface area is 78.1 Å². The van der Waals surface area contributed by atoms with Gasteiger partial charge in [-0.2, -0.15) is 13.2 Å². The molecule has 2 nitrogen and oxygen atoms in total. The first-order valence-electron chi connectivity index (χ1n) is 3.98. The second kappa shape index (κ2) is 5.59. The third-order valence-corrected chi connectivity index (χ3v) is 2.76. The van der Waals surface area contributed by atoms with Crippen LogP contribution >= 0.6 is 0 Å². The van der Waals surface area contributed by atoms with Gasteiger partial charge in [-0.15, -0.1) is 0 Å². The van der Waals surface area contributed by atoms with Crippen molar-refractivity contribution in [1.82, 2.24) is 0 Å².